The molecule has 1 aromatic heterocycles. The van der Waals surface area contributed by atoms with E-state index in [1.165, 1.54) is 0 Å². The van der Waals surface area contributed by atoms with Crippen LogP contribution in [-0.4, -0.2) is 30.0 Å². The summed E-state index contributed by atoms with van der Waals surface area (Å²) in [5.74, 6) is 0. The van der Waals surface area contributed by atoms with Gasteiger partial charge < -0.3 is 10.1 Å². The summed E-state index contributed by atoms with van der Waals surface area (Å²) >= 11 is 0. The first-order valence-electron chi connectivity index (χ1n) is 4.42. The summed E-state index contributed by atoms with van der Waals surface area (Å²) in [6, 6.07) is 0.306. The van der Waals surface area contributed by atoms with Crippen LogP contribution in [0.5, 0.6) is 0 Å². The molecule has 0 radical (unpaired) electrons. The van der Waals surface area contributed by atoms with Crippen molar-refractivity contribution in [3.63, 3.8) is 0 Å². The second kappa shape index (κ2) is 4.28. The quantitative estimate of drug-likeness (QED) is 0.743. The Morgan fingerprint density at radius 3 is 2.69 bits per heavy atom. The molecule has 0 amide bonds. The van der Waals surface area contributed by atoms with Gasteiger partial charge in [-0.25, -0.2) is 0 Å². The van der Waals surface area contributed by atoms with Crippen LogP contribution in [0.2, 0.25) is 0 Å². The Balaban J connectivity index is 2.62. The minimum Gasteiger partial charge on any atom is -0.383 e. The Hall–Kier alpha value is -1.03. The molecule has 0 aliphatic rings. The van der Waals surface area contributed by atoms with E-state index in [2.05, 4.69) is 22.4 Å². The Morgan fingerprint density at radius 1 is 1.54 bits per heavy atom. The maximum atomic E-state index is 5.04. The van der Waals surface area contributed by atoms with E-state index in [0.29, 0.717) is 12.6 Å². The highest BCUT2D eigenvalue weighted by Crippen LogP contribution is 2.16. The number of anilines is 1. The Bertz CT molecular complexity index is 250. The number of nitrogens with one attached hydrogen (secondary N) is 2. The van der Waals surface area contributed by atoms with Crippen molar-refractivity contribution in [1.29, 1.82) is 0 Å². The van der Waals surface area contributed by atoms with Crippen molar-refractivity contribution in [1.82, 2.24) is 10.2 Å². The molecule has 4 nitrogen and oxygen atoms in total. The molecule has 0 aliphatic carbocycles. The number of aryl methyl sites for hydroxylation is 2. The third-order valence-corrected chi connectivity index (χ3v) is 1.94. The summed E-state index contributed by atoms with van der Waals surface area (Å²) in [5.41, 5.74) is 3.16. The zero-order chi connectivity index (χ0) is 9.84. The molecule has 0 bridgehead atoms. The lowest BCUT2D eigenvalue weighted by atomic mass is 10.2. The maximum absolute atomic E-state index is 5.04. The van der Waals surface area contributed by atoms with Crippen molar-refractivity contribution in [2.45, 2.75) is 26.8 Å². The van der Waals surface area contributed by atoms with Gasteiger partial charge in [-0.15, -0.1) is 0 Å². The van der Waals surface area contributed by atoms with Gasteiger partial charge in [0.2, 0.25) is 0 Å². The highest BCUT2D eigenvalue weighted by atomic mass is 16.5. The molecule has 1 atom stereocenters. The average Bonchev–Trinajstić information content (AvgIpc) is 2.36. The summed E-state index contributed by atoms with van der Waals surface area (Å²) in [5, 5.41) is 10.4. The second-order valence-corrected chi connectivity index (χ2v) is 3.31. The van der Waals surface area contributed by atoms with E-state index in [9.17, 15) is 0 Å². The van der Waals surface area contributed by atoms with Gasteiger partial charge in [0, 0.05) is 13.2 Å². The Morgan fingerprint density at radius 2 is 2.23 bits per heavy atom. The largest absolute Gasteiger partial charge is 0.383 e. The molecule has 2 N–H and O–H groups in total. The van der Waals surface area contributed by atoms with Gasteiger partial charge in [-0.3, -0.25) is 5.10 Å². The smallest absolute Gasteiger partial charge is 0.0825 e. The Kier molecular flexibility index (Phi) is 3.31. The molecule has 0 aromatic carbocycles. The molecule has 0 spiro atoms. The molecule has 13 heavy (non-hydrogen) atoms. The molecule has 0 saturated heterocycles. The summed E-state index contributed by atoms with van der Waals surface area (Å²) in [7, 11) is 1.70. The van der Waals surface area contributed by atoms with Gasteiger partial charge in [-0.05, 0) is 20.8 Å². The van der Waals surface area contributed by atoms with E-state index in [4.69, 9.17) is 4.74 Å². The van der Waals surface area contributed by atoms with Crippen LogP contribution in [0.3, 0.4) is 0 Å². The third-order valence-electron chi connectivity index (χ3n) is 1.94. The number of rotatable bonds is 4. The molecule has 1 unspecified atom stereocenters. The first kappa shape index (κ1) is 10.1. The molecule has 1 rings (SSSR count). The van der Waals surface area contributed by atoms with Crippen LogP contribution in [0, 0.1) is 13.8 Å². The molecule has 0 aliphatic heterocycles. The molecule has 1 aromatic rings. The number of aromatic nitrogens is 2. The minimum absolute atomic E-state index is 0.306. The van der Waals surface area contributed by atoms with Gasteiger partial charge in [0.1, 0.15) is 0 Å². The highest BCUT2D eigenvalue weighted by Gasteiger charge is 2.08. The standard InChI is InChI=1S/C9H17N3O/c1-6(5-13-4)10-9-7(2)11-12-8(9)3/h6,10H,5H2,1-4H3,(H,11,12). The van der Waals surface area contributed by atoms with Crippen molar-refractivity contribution in [2.75, 3.05) is 19.0 Å². The summed E-state index contributed by atoms with van der Waals surface area (Å²) < 4.78 is 5.04. The van der Waals surface area contributed by atoms with Crippen LogP contribution in [-0.2, 0) is 4.74 Å². The SMILES string of the molecule is COCC(C)Nc1c(C)n[nH]c1C. The lowest BCUT2D eigenvalue weighted by molar-refractivity contribution is 0.190. The van der Waals surface area contributed by atoms with Crippen molar-refractivity contribution < 1.29 is 4.74 Å². The zero-order valence-electron chi connectivity index (χ0n) is 8.64. The topological polar surface area (TPSA) is 49.9 Å². The molecule has 0 saturated carbocycles. The van der Waals surface area contributed by atoms with Crippen LogP contribution in [0.15, 0.2) is 0 Å². The van der Waals surface area contributed by atoms with Crippen molar-refractivity contribution >= 4 is 5.69 Å². The lowest BCUT2D eigenvalue weighted by Gasteiger charge is -2.13. The molecule has 0 fully saturated rings. The second-order valence-electron chi connectivity index (χ2n) is 3.31. The van der Waals surface area contributed by atoms with Crippen LogP contribution >= 0.6 is 0 Å². The van der Waals surface area contributed by atoms with Crippen LogP contribution < -0.4 is 5.32 Å². The lowest BCUT2D eigenvalue weighted by Crippen LogP contribution is -2.21. The van der Waals surface area contributed by atoms with Gasteiger partial charge in [0.25, 0.3) is 0 Å². The number of nitrogens with zero attached hydrogens (tertiary/aromatic N) is 1. The summed E-state index contributed by atoms with van der Waals surface area (Å²) in [6.07, 6.45) is 0. The van der Waals surface area contributed by atoms with Gasteiger partial charge in [-0.2, -0.15) is 5.10 Å². The first-order chi connectivity index (χ1) is 6.15. The maximum Gasteiger partial charge on any atom is 0.0825 e. The fraction of sp³-hybridized carbons (Fsp3) is 0.667. The number of hydrogen-bond acceptors (Lipinski definition) is 3. The van der Waals surface area contributed by atoms with Crippen molar-refractivity contribution in [3.05, 3.63) is 11.4 Å². The number of hydrogen-bond donors (Lipinski definition) is 2. The van der Waals surface area contributed by atoms with E-state index in [1.807, 2.05) is 13.8 Å². The van der Waals surface area contributed by atoms with Gasteiger partial charge in [0.05, 0.1) is 23.7 Å². The summed E-state index contributed by atoms with van der Waals surface area (Å²) in [6.45, 7) is 6.76. The Labute approximate surface area is 78.7 Å². The van der Waals surface area contributed by atoms with Crippen LogP contribution in [0.25, 0.3) is 0 Å². The van der Waals surface area contributed by atoms with Crippen molar-refractivity contribution in [3.8, 4) is 0 Å². The van der Waals surface area contributed by atoms with E-state index in [0.717, 1.165) is 17.1 Å². The monoisotopic (exact) mass is 183 g/mol. The fourth-order valence-corrected chi connectivity index (χ4v) is 1.30. The predicted octanol–water partition coefficient (Wildman–Crippen LogP) is 1.47. The minimum atomic E-state index is 0.306. The molecule has 74 valence electrons. The van der Waals surface area contributed by atoms with Crippen molar-refractivity contribution in [2.24, 2.45) is 0 Å². The first-order valence-corrected chi connectivity index (χ1v) is 4.42. The number of aromatic amines is 1. The normalized spacial score (nSPS) is 12.9. The van der Waals surface area contributed by atoms with E-state index >= 15 is 0 Å². The predicted molar refractivity (Wildman–Crippen MR) is 53.0 cm³/mol. The fourth-order valence-electron chi connectivity index (χ4n) is 1.30. The molecule has 4 heteroatoms. The van der Waals surface area contributed by atoms with E-state index < -0.39 is 0 Å². The average molecular weight is 183 g/mol. The third kappa shape index (κ3) is 2.45. The van der Waals surface area contributed by atoms with Gasteiger partial charge in [0.15, 0.2) is 0 Å². The van der Waals surface area contributed by atoms with E-state index in [1.54, 1.807) is 7.11 Å². The number of ether oxygens (including phenoxy) is 1. The van der Waals surface area contributed by atoms with E-state index in [-0.39, 0.29) is 0 Å². The van der Waals surface area contributed by atoms with Gasteiger partial charge >= 0.3 is 0 Å². The highest BCUT2D eigenvalue weighted by molar-refractivity contribution is 5.51. The summed E-state index contributed by atoms with van der Waals surface area (Å²) in [4.78, 5) is 0. The molecule has 1 heterocycles. The van der Waals surface area contributed by atoms with Gasteiger partial charge in [-0.1, -0.05) is 0 Å². The van der Waals surface area contributed by atoms with Crippen LogP contribution in [0.4, 0.5) is 5.69 Å². The number of methoxy groups -OCH3 is 1. The molecular weight excluding hydrogens is 166 g/mol. The number of H-pyrrole nitrogens is 1. The molecular formula is C9H17N3O. The van der Waals surface area contributed by atoms with Crippen LogP contribution in [0.1, 0.15) is 18.3 Å². The zero-order valence-corrected chi connectivity index (χ0v) is 8.64.